The maximum Gasteiger partial charge on any atom is 0.472 e. The van der Waals surface area contributed by atoms with Gasteiger partial charge in [-0.25, -0.2) is 9.13 Å². The van der Waals surface area contributed by atoms with Crippen molar-refractivity contribution in [2.75, 3.05) is 39.6 Å². The second-order valence-corrected chi connectivity index (χ2v) is 35.0. The quantitative estimate of drug-likeness (QED) is 0.0222. The summed E-state index contributed by atoms with van der Waals surface area (Å²) in [6, 6.07) is 0. The van der Waals surface area contributed by atoms with E-state index in [4.69, 9.17) is 37.0 Å². The number of aliphatic hydroxyl groups excluding tert-OH is 1. The van der Waals surface area contributed by atoms with Gasteiger partial charge < -0.3 is 33.8 Å². The van der Waals surface area contributed by atoms with E-state index in [-0.39, 0.29) is 25.7 Å². The van der Waals surface area contributed by atoms with Crippen LogP contribution in [0.1, 0.15) is 478 Å². The van der Waals surface area contributed by atoms with E-state index in [2.05, 4.69) is 34.6 Å². The van der Waals surface area contributed by atoms with Crippen molar-refractivity contribution in [2.45, 2.75) is 496 Å². The smallest absolute Gasteiger partial charge is 0.462 e. The van der Waals surface area contributed by atoms with Gasteiger partial charge in [0.2, 0.25) is 0 Å². The zero-order chi connectivity index (χ0) is 78.3. The van der Waals surface area contributed by atoms with Crippen LogP contribution in [-0.2, 0) is 65.4 Å². The number of unbranched alkanes of at least 4 members (excludes halogenated alkanes) is 60. The van der Waals surface area contributed by atoms with Crippen LogP contribution in [0.2, 0.25) is 0 Å². The van der Waals surface area contributed by atoms with Crippen LogP contribution in [-0.4, -0.2) is 96.7 Å². The van der Waals surface area contributed by atoms with Gasteiger partial charge in [-0.1, -0.05) is 426 Å². The number of ether oxygens (including phenoxy) is 4. The van der Waals surface area contributed by atoms with Gasteiger partial charge in [0.05, 0.1) is 26.4 Å². The topological polar surface area (TPSA) is 237 Å². The molecule has 2 unspecified atom stereocenters. The first-order chi connectivity index (χ1) is 52.0. The van der Waals surface area contributed by atoms with Crippen molar-refractivity contribution in [3.63, 3.8) is 0 Å². The number of esters is 4. The number of rotatable bonds is 88. The highest BCUT2D eigenvalue weighted by Crippen LogP contribution is 2.45. The number of carbonyl (C=O) groups excluding carboxylic acids is 4. The molecule has 0 saturated heterocycles. The molecule has 0 saturated carbocycles. The minimum atomic E-state index is -4.97. The summed E-state index contributed by atoms with van der Waals surface area (Å²) in [5.74, 6) is -1.29. The fourth-order valence-corrected chi connectivity index (χ4v) is 15.4. The number of phosphoric acid groups is 2. The third kappa shape index (κ3) is 81.9. The largest absolute Gasteiger partial charge is 0.472 e. The van der Waals surface area contributed by atoms with Crippen LogP contribution in [0.15, 0.2) is 0 Å². The summed E-state index contributed by atoms with van der Waals surface area (Å²) in [6.45, 7) is 7.39. The van der Waals surface area contributed by atoms with Gasteiger partial charge in [-0.2, -0.15) is 0 Å². The van der Waals surface area contributed by atoms with E-state index in [9.17, 15) is 43.2 Å². The second-order valence-electron chi connectivity index (χ2n) is 32.1. The summed E-state index contributed by atoms with van der Waals surface area (Å²) in [6.07, 6.45) is 75.1. The highest BCUT2D eigenvalue weighted by Gasteiger charge is 2.30. The molecule has 0 aliphatic heterocycles. The van der Waals surface area contributed by atoms with Crippen molar-refractivity contribution in [3.05, 3.63) is 0 Å². The summed E-state index contributed by atoms with van der Waals surface area (Å²) in [7, 11) is -9.93. The summed E-state index contributed by atoms with van der Waals surface area (Å²) >= 11 is 0. The minimum absolute atomic E-state index is 0.109. The van der Waals surface area contributed by atoms with Crippen LogP contribution in [0.5, 0.6) is 0 Å². The first-order valence-corrected chi connectivity index (χ1v) is 48.6. The van der Waals surface area contributed by atoms with E-state index in [1.54, 1.807) is 0 Å². The number of carbonyl (C=O) groups is 4. The van der Waals surface area contributed by atoms with E-state index in [0.717, 1.165) is 95.8 Å². The second kappa shape index (κ2) is 80.7. The van der Waals surface area contributed by atoms with E-state index < -0.39 is 97.5 Å². The maximum absolute atomic E-state index is 13.2. The van der Waals surface area contributed by atoms with Crippen LogP contribution in [0.25, 0.3) is 0 Å². The van der Waals surface area contributed by atoms with Gasteiger partial charge in [0, 0.05) is 25.7 Å². The van der Waals surface area contributed by atoms with E-state index in [0.29, 0.717) is 25.7 Å². The lowest BCUT2D eigenvalue weighted by molar-refractivity contribution is -0.161. The molecule has 0 aliphatic carbocycles. The summed E-state index contributed by atoms with van der Waals surface area (Å²) < 4.78 is 68.9. The molecule has 0 aromatic heterocycles. The van der Waals surface area contributed by atoms with Gasteiger partial charge >= 0.3 is 39.5 Å². The van der Waals surface area contributed by atoms with Crippen LogP contribution in [0.4, 0.5) is 0 Å². The van der Waals surface area contributed by atoms with Gasteiger partial charge in [-0.3, -0.25) is 37.3 Å². The summed E-state index contributed by atoms with van der Waals surface area (Å²) in [4.78, 5) is 73.2. The molecule has 0 bridgehead atoms. The molecule has 0 aromatic rings. The average molecular weight is 1560 g/mol. The van der Waals surface area contributed by atoms with Gasteiger partial charge in [-0.15, -0.1) is 0 Å². The molecular weight excluding hydrogens is 1390 g/mol. The first kappa shape index (κ1) is 105. The Balaban J connectivity index is 5.20. The SMILES string of the molecule is CCCCCCCCCCCCCCCCCCCCCCCCC(=O)O[C@H](COC(=O)CCCCCCCCCCCCCCCCCCC(C)C)COP(=O)(O)OC[C@@H](O)COP(=O)(O)OC[C@@H](COC(=O)CCCCCCCCCCC)OC(=O)CCCCCCCCCCCCCCCCCCC. The number of hydrogen-bond acceptors (Lipinski definition) is 15. The Bertz CT molecular complexity index is 2030. The Labute approximate surface area is 658 Å². The lowest BCUT2D eigenvalue weighted by Gasteiger charge is -2.21. The lowest BCUT2D eigenvalue weighted by atomic mass is 10.0. The molecule has 5 atom stereocenters. The molecule has 0 radical (unpaired) electrons. The molecule has 0 aromatic carbocycles. The number of phosphoric ester groups is 2. The number of hydrogen-bond donors (Lipinski definition) is 3. The maximum atomic E-state index is 13.2. The molecular formula is C88H172O17P2. The fourth-order valence-electron chi connectivity index (χ4n) is 13.8. The molecule has 3 N–H and O–H groups in total. The van der Waals surface area contributed by atoms with Crippen molar-refractivity contribution in [1.29, 1.82) is 0 Å². The summed E-state index contributed by atoms with van der Waals surface area (Å²) in [5, 5.41) is 10.7. The van der Waals surface area contributed by atoms with Gasteiger partial charge in [0.25, 0.3) is 0 Å². The van der Waals surface area contributed by atoms with Crippen LogP contribution < -0.4 is 0 Å². The minimum Gasteiger partial charge on any atom is -0.462 e. The number of aliphatic hydroxyl groups is 1. The molecule has 0 rings (SSSR count). The van der Waals surface area contributed by atoms with Gasteiger partial charge in [0.15, 0.2) is 12.2 Å². The van der Waals surface area contributed by atoms with Crippen LogP contribution in [0, 0.1) is 5.92 Å². The molecule has 19 heteroatoms. The Morgan fingerprint density at radius 3 is 0.636 bits per heavy atom. The Morgan fingerprint density at radius 1 is 0.252 bits per heavy atom. The molecule has 0 aliphatic rings. The summed E-state index contributed by atoms with van der Waals surface area (Å²) in [5.41, 5.74) is 0. The van der Waals surface area contributed by atoms with Gasteiger partial charge in [-0.05, 0) is 31.6 Å². The molecule has 0 heterocycles. The zero-order valence-electron chi connectivity index (χ0n) is 70.3. The van der Waals surface area contributed by atoms with Crippen LogP contribution >= 0.6 is 15.6 Å². The highest BCUT2D eigenvalue weighted by molar-refractivity contribution is 7.47. The van der Waals surface area contributed by atoms with Crippen LogP contribution in [0.3, 0.4) is 0 Å². The van der Waals surface area contributed by atoms with E-state index >= 15 is 0 Å². The molecule has 17 nitrogen and oxygen atoms in total. The Morgan fingerprint density at radius 2 is 0.430 bits per heavy atom. The third-order valence-electron chi connectivity index (χ3n) is 20.8. The van der Waals surface area contributed by atoms with Gasteiger partial charge in [0.1, 0.15) is 19.3 Å². The molecule has 107 heavy (non-hydrogen) atoms. The lowest BCUT2D eigenvalue weighted by Crippen LogP contribution is -2.30. The monoisotopic (exact) mass is 1560 g/mol. The standard InChI is InChI=1S/C88H172O17P2/c1-6-9-12-15-18-21-23-25-27-29-30-31-32-33-35-41-45-49-54-59-64-69-74-88(93)105-84(78-99-86(91)72-67-62-57-52-47-43-39-37-36-38-42-46-51-55-60-65-70-81(4)5)80-103-107(96,97)101-76-82(89)75-100-106(94,95)102-79-83(77-98-85(90)71-66-61-56-50-20-17-14-11-8-3)104-87(92)73-68-63-58-53-48-44-40-34-28-26-24-22-19-16-13-10-7-2/h81-84,89H,6-80H2,1-5H3,(H,94,95)(H,96,97)/t82-,83+,84+/m0/s1. The van der Waals surface area contributed by atoms with Crippen molar-refractivity contribution >= 4 is 39.5 Å². The van der Waals surface area contributed by atoms with Crippen molar-refractivity contribution < 1.29 is 80.2 Å². The zero-order valence-corrected chi connectivity index (χ0v) is 72.1. The Kier molecular flexibility index (Phi) is 79.2. The predicted molar refractivity (Wildman–Crippen MR) is 442 cm³/mol. The first-order valence-electron chi connectivity index (χ1n) is 45.6. The van der Waals surface area contributed by atoms with Crippen molar-refractivity contribution in [1.82, 2.24) is 0 Å². The molecule has 0 amide bonds. The average Bonchev–Trinajstić information content (AvgIpc) is 0.904. The third-order valence-corrected chi connectivity index (χ3v) is 22.7. The molecule has 636 valence electrons. The fraction of sp³-hybridized carbons (Fsp3) is 0.955. The normalized spacial score (nSPS) is 13.7. The highest BCUT2D eigenvalue weighted by atomic mass is 31.2. The molecule has 0 fully saturated rings. The molecule has 0 spiro atoms. The van der Waals surface area contributed by atoms with Crippen molar-refractivity contribution in [2.24, 2.45) is 5.92 Å². The predicted octanol–water partition coefficient (Wildman–Crippen LogP) is 27.2. The van der Waals surface area contributed by atoms with Crippen molar-refractivity contribution in [3.8, 4) is 0 Å². The van der Waals surface area contributed by atoms with E-state index in [1.807, 2.05) is 0 Å². The Hall–Kier alpha value is -1.94. The van der Waals surface area contributed by atoms with E-state index in [1.165, 1.54) is 302 Å².